The smallest absolute Gasteiger partial charge is 0.296 e. The summed E-state index contributed by atoms with van der Waals surface area (Å²) in [6.45, 7) is 5.60. The number of likely N-dealkylation sites (tertiary alicyclic amines) is 1. The number of aromatic nitrogens is 1. The molecule has 1 amide bonds. The van der Waals surface area contributed by atoms with Gasteiger partial charge in [0.1, 0.15) is 29.1 Å². The average Bonchev–Trinajstić information content (AvgIpc) is 3.31. The van der Waals surface area contributed by atoms with Crippen LogP contribution in [0.2, 0.25) is 0 Å². The van der Waals surface area contributed by atoms with E-state index in [0.717, 1.165) is 16.7 Å². The molecule has 1 N–H and O–H groups in total. The van der Waals surface area contributed by atoms with Gasteiger partial charge in [0, 0.05) is 24.5 Å². The number of carbonyl (C=O) groups excluding carboxylic acids is 2. The number of hydrogen-bond acceptors (Lipinski definition) is 6. The Kier molecular flexibility index (Phi) is 5.57. The Bertz CT molecular complexity index is 1230. The van der Waals surface area contributed by atoms with E-state index in [1.54, 1.807) is 56.8 Å². The van der Waals surface area contributed by atoms with Crippen molar-refractivity contribution in [1.82, 2.24) is 9.88 Å². The van der Waals surface area contributed by atoms with Gasteiger partial charge in [-0.25, -0.2) is 0 Å². The van der Waals surface area contributed by atoms with Crippen LogP contribution in [0.3, 0.4) is 0 Å². The molecule has 4 rings (SSSR count). The summed E-state index contributed by atoms with van der Waals surface area (Å²) in [5.41, 5.74) is 2.75. The van der Waals surface area contributed by atoms with Crippen LogP contribution in [0, 0.1) is 20.8 Å². The summed E-state index contributed by atoms with van der Waals surface area (Å²) in [4.78, 5) is 31.7. The van der Waals surface area contributed by atoms with Crippen molar-refractivity contribution in [3.8, 4) is 5.75 Å². The third-order valence-electron chi connectivity index (χ3n) is 5.64. The van der Waals surface area contributed by atoms with Gasteiger partial charge in [0.05, 0.1) is 12.7 Å². The summed E-state index contributed by atoms with van der Waals surface area (Å²) in [6, 6.07) is 9.77. The van der Waals surface area contributed by atoms with E-state index >= 15 is 0 Å². The number of pyridine rings is 1. The SMILES string of the molecule is COc1cc(C)c(/C(O)=C2\C(=O)C(=O)N(Cc3cccnc3)C2c2ccc(C)o2)cc1C. The predicted molar refractivity (Wildman–Crippen MR) is 118 cm³/mol. The minimum Gasteiger partial charge on any atom is -0.507 e. The van der Waals surface area contributed by atoms with Crippen molar-refractivity contribution in [2.75, 3.05) is 7.11 Å². The molecule has 1 saturated heterocycles. The fourth-order valence-electron chi connectivity index (χ4n) is 4.04. The molecule has 1 aliphatic rings. The van der Waals surface area contributed by atoms with Crippen LogP contribution in [0.15, 0.2) is 58.8 Å². The first-order valence-electron chi connectivity index (χ1n) is 10.2. The summed E-state index contributed by atoms with van der Waals surface area (Å²) >= 11 is 0. The Morgan fingerprint density at radius 1 is 1.16 bits per heavy atom. The highest BCUT2D eigenvalue weighted by molar-refractivity contribution is 6.46. The molecule has 2 aromatic heterocycles. The number of hydrogen-bond donors (Lipinski definition) is 1. The van der Waals surface area contributed by atoms with E-state index in [4.69, 9.17) is 9.15 Å². The molecule has 0 spiro atoms. The molecule has 1 fully saturated rings. The topological polar surface area (TPSA) is 92.9 Å². The van der Waals surface area contributed by atoms with Gasteiger partial charge in [-0.1, -0.05) is 6.07 Å². The van der Waals surface area contributed by atoms with E-state index < -0.39 is 17.7 Å². The molecule has 1 aromatic carbocycles. The Morgan fingerprint density at radius 2 is 1.94 bits per heavy atom. The van der Waals surface area contributed by atoms with Gasteiger partial charge >= 0.3 is 0 Å². The average molecular weight is 432 g/mol. The first-order valence-corrected chi connectivity index (χ1v) is 10.2. The van der Waals surface area contributed by atoms with Crippen molar-refractivity contribution in [3.05, 3.63) is 88.1 Å². The van der Waals surface area contributed by atoms with Crippen LogP contribution >= 0.6 is 0 Å². The van der Waals surface area contributed by atoms with Gasteiger partial charge in [-0.2, -0.15) is 0 Å². The Balaban J connectivity index is 1.88. The van der Waals surface area contributed by atoms with E-state index in [1.807, 2.05) is 19.9 Å². The fraction of sp³-hybridized carbons (Fsp3) is 0.240. The largest absolute Gasteiger partial charge is 0.507 e. The van der Waals surface area contributed by atoms with Crippen LogP contribution < -0.4 is 4.74 Å². The molecule has 7 nitrogen and oxygen atoms in total. The second kappa shape index (κ2) is 8.34. The number of aliphatic hydroxyl groups is 1. The van der Waals surface area contributed by atoms with Gasteiger partial charge in [0.15, 0.2) is 0 Å². The Labute approximate surface area is 186 Å². The molecule has 0 radical (unpaired) electrons. The number of rotatable bonds is 5. The number of Topliss-reactive ketones (excluding diaryl/α,β-unsaturated/α-hetero) is 1. The normalized spacial score (nSPS) is 17.8. The molecule has 0 saturated carbocycles. The van der Waals surface area contributed by atoms with Gasteiger partial charge in [0.2, 0.25) is 0 Å². The predicted octanol–water partition coefficient (Wildman–Crippen LogP) is 4.23. The van der Waals surface area contributed by atoms with Crippen molar-refractivity contribution in [2.45, 2.75) is 33.4 Å². The molecule has 32 heavy (non-hydrogen) atoms. The van der Waals surface area contributed by atoms with Crippen LogP contribution in [0.25, 0.3) is 5.76 Å². The second-order valence-corrected chi connectivity index (χ2v) is 7.87. The van der Waals surface area contributed by atoms with Gasteiger partial charge < -0.3 is 19.2 Å². The highest BCUT2D eigenvalue weighted by Crippen LogP contribution is 2.41. The highest BCUT2D eigenvalue weighted by atomic mass is 16.5. The Morgan fingerprint density at radius 3 is 2.56 bits per heavy atom. The van der Waals surface area contributed by atoms with Gasteiger partial charge in [0.25, 0.3) is 11.7 Å². The molecule has 1 unspecified atom stereocenters. The van der Waals surface area contributed by atoms with E-state index in [-0.39, 0.29) is 17.9 Å². The number of carbonyl (C=O) groups is 2. The van der Waals surface area contributed by atoms with Crippen molar-refractivity contribution in [2.24, 2.45) is 0 Å². The van der Waals surface area contributed by atoms with Gasteiger partial charge in [-0.15, -0.1) is 0 Å². The summed E-state index contributed by atoms with van der Waals surface area (Å²) in [5, 5.41) is 11.3. The maximum absolute atomic E-state index is 13.1. The number of methoxy groups -OCH3 is 1. The number of nitrogens with zero attached hydrogens (tertiary/aromatic N) is 2. The minimum atomic E-state index is -0.856. The lowest BCUT2D eigenvalue weighted by atomic mass is 9.95. The molecule has 1 atom stereocenters. The van der Waals surface area contributed by atoms with E-state index in [0.29, 0.717) is 22.8 Å². The monoisotopic (exact) mass is 432 g/mol. The molecule has 7 heteroatoms. The van der Waals surface area contributed by atoms with E-state index in [2.05, 4.69) is 4.98 Å². The standard InChI is InChI=1S/C25H24N2O5/c1-14-11-20(31-4)15(2)10-18(14)23(28)21-22(19-8-7-16(3)32-19)27(25(30)24(21)29)13-17-6-5-9-26-12-17/h5-12,22,28H,13H2,1-4H3/b23-21+. The Hall–Kier alpha value is -3.87. The number of aliphatic hydroxyl groups excluding tert-OH is 1. The minimum absolute atomic E-state index is 0.000840. The zero-order valence-corrected chi connectivity index (χ0v) is 18.4. The lowest BCUT2D eigenvalue weighted by molar-refractivity contribution is -0.140. The lowest BCUT2D eigenvalue weighted by Gasteiger charge is -2.23. The molecule has 1 aliphatic heterocycles. The van der Waals surface area contributed by atoms with E-state index in [1.165, 1.54) is 4.90 Å². The maximum Gasteiger partial charge on any atom is 0.296 e. The van der Waals surface area contributed by atoms with E-state index in [9.17, 15) is 14.7 Å². The van der Waals surface area contributed by atoms with Crippen LogP contribution in [-0.4, -0.2) is 33.8 Å². The molecule has 0 bridgehead atoms. The zero-order chi connectivity index (χ0) is 23.0. The number of ether oxygens (including phenoxy) is 1. The molecule has 3 aromatic rings. The molecule has 164 valence electrons. The third kappa shape index (κ3) is 3.66. The first kappa shape index (κ1) is 21.4. The van der Waals surface area contributed by atoms with Crippen LogP contribution in [0.4, 0.5) is 0 Å². The van der Waals surface area contributed by atoms with Crippen molar-refractivity contribution in [1.29, 1.82) is 0 Å². The maximum atomic E-state index is 13.1. The number of furan rings is 1. The number of benzene rings is 1. The summed E-state index contributed by atoms with van der Waals surface area (Å²) in [5.74, 6) is 0.0442. The summed E-state index contributed by atoms with van der Waals surface area (Å²) in [6.07, 6.45) is 3.28. The summed E-state index contributed by atoms with van der Waals surface area (Å²) < 4.78 is 11.2. The zero-order valence-electron chi connectivity index (χ0n) is 18.4. The van der Waals surface area contributed by atoms with Crippen LogP contribution in [-0.2, 0) is 16.1 Å². The molecule has 3 heterocycles. The number of ketones is 1. The number of amides is 1. The highest BCUT2D eigenvalue weighted by Gasteiger charge is 2.47. The molecular formula is C25H24N2O5. The van der Waals surface area contributed by atoms with Crippen LogP contribution in [0.5, 0.6) is 5.75 Å². The van der Waals surface area contributed by atoms with Gasteiger partial charge in [-0.05, 0) is 67.8 Å². The summed E-state index contributed by atoms with van der Waals surface area (Å²) in [7, 11) is 1.57. The van der Waals surface area contributed by atoms with Crippen LogP contribution in [0.1, 0.15) is 39.8 Å². The molecule has 0 aliphatic carbocycles. The quantitative estimate of drug-likeness (QED) is 0.368. The third-order valence-corrected chi connectivity index (χ3v) is 5.64. The van der Waals surface area contributed by atoms with Crippen molar-refractivity contribution >= 4 is 17.4 Å². The van der Waals surface area contributed by atoms with Crippen molar-refractivity contribution in [3.63, 3.8) is 0 Å². The number of aryl methyl sites for hydroxylation is 3. The van der Waals surface area contributed by atoms with Crippen molar-refractivity contribution < 1.29 is 23.8 Å². The second-order valence-electron chi connectivity index (χ2n) is 7.87. The lowest BCUT2D eigenvalue weighted by Crippen LogP contribution is -2.29. The fourth-order valence-corrected chi connectivity index (χ4v) is 4.04. The molecular weight excluding hydrogens is 408 g/mol. The van der Waals surface area contributed by atoms with Gasteiger partial charge in [-0.3, -0.25) is 14.6 Å². The first-order chi connectivity index (χ1) is 15.3.